The second-order valence-corrected chi connectivity index (χ2v) is 13.0. The largest absolute Gasteiger partial charge is 0.393 e. The van der Waals surface area contributed by atoms with Gasteiger partial charge in [0.1, 0.15) is 12.2 Å². The molecule has 35 heavy (non-hydrogen) atoms. The molecule has 0 amide bonds. The fraction of sp³-hybridized carbons (Fsp3) is 0.677. The molecule has 6 aliphatic carbocycles. The Hall–Kier alpha value is -1.64. The number of benzene rings is 1. The van der Waals surface area contributed by atoms with Crippen molar-refractivity contribution in [3.05, 3.63) is 47.5 Å². The van der Waals surface area contributed by atoms with Gasteiger partial charge in [0.25, 0.3) is 0 Å². The molecule has 1 aromatic carbocycles. The average molecular weight is 475 g/mol. The molecule has 3 N–H and O–H groups in total. The lowest BCUT2D eigenvalue weighted by molar-refractivity contribution is -0.215. The van der Waals surface area contributed by atoms with Gasteiger partial charge in [-0.2, -0.15) is 0 Å². The summed E-state index contributed by atoms with van der Waals surface area (Å²) in [4.78, 5) is 0. The highest BCUT2D eigenvalue weighted by Gasteiger charge is 2.79. The number of aliphatic hydroxyl groups is 3. The first-order valence-corrected chi connectivity index (χ1v) is 13.7. The maximum absolute atomic E-state index is 12.1. The molecule has 7 rings (SSSR count). The third-order valence-electron chi connectivity index (χ3n) is 11.7. The number of aliphatic hydroxyl groups excluding tert-OH is 1. The van der Waals surface area contributed by atoms with E-state index in [4.69, 9.17) is 4.74 Å². The van der Waals surface area contributed by atoms with E-state index in [1.807, 2.05) is 18.2 Å². The normalized spacial score (nSPS) is 52.5. The van der Waals surface area contributed by atoms with E-state index >= 15 is 0 Å². The van der Waals surface area contributed by atoms with E-state index < -0.39 is 17.3 Å². The van der Waals surface area contributed by atoms with Crippen molar-refractivity contribution in [3.8, 4) is 11.8 Å². The van der Waals surface area contributed by atoms with E-state index in [1.54, 1.807) is 0 Å². The van der Waals surface area contributed by atoms with E-state index in [-0.39, 0.29) is 22.7 Å². The topological polar surface area (TPSA) is 69.9 Å². The average Bonchev–Trinajstić information content (AvgIpc) is 3.74. The first-order chi connectivity index (χ1) is 16.7. The van der Waals surface area contributed by atoms with Gasteiger partial charge in [0.2, 0.25) is 0 Å². The van der Waals surface area contributed by atoms with Crippen LogP contribution in [0.4, 0.5) is 0 Å². The number of hydrogen-bond acceptors (Lipinski definition) is 4. The van der Waals surface area contributed by atoms with E-state index in [0.717, 1.165) is 37.7 Å². The zero-order valence-corrected chi connectivity index (χ0v) is 20.9. The van der Waals surface area contributed by atoms with Crippen LogP contribution in [0.1, 0.15) is 57.9 Å². The first-order valence-electron chi connectivity index (χ1n) is 13.7. The maximum Gasteiger partial charge on any atom is 0.134 e. The Morgan fingerprint density at radius 2 is 1.80 bits per heavy atom. The van der Waals surface area contributed by atoms with Gasteiger partial charge in [-0.15, -0.1) is 0 Å². The molecule has 0 bridgehead atoms. The SMILES string of the molecule is C[C@]12CCC3C(C4=C[C@H]4[C@]4(O)C[C@@H](O)CC[C@]34C)C1[C@@H]1C[C@@H]1C2(O)C#CCOCc1ccccc1. The molecule has 0 heterocycles. The van der Waals surface area contributed by atoms with Crippen molar-refractivity contribution < 1.29 is 20.1 Å². The summed E-state index contributed by atoms with van der Waals surface area (Å²) in [7, 11) is 0. The Morgan fingerprint density at radius 1 is 1.03 bits per heavy atom. The molecule has 0 aliphatic heterocycles. The zero-order chi connectivity index (χ0) is 24.2. The van der Waals surface area contributed by atoms with Crippen molar-refractivity contribution in [2.75, 3.05) is 6.61 Å². The van der Waals surface area contributed by atoms with Crippen LogP contribution < -0.4 is 0 Å². The van der Waals surface area contributed by atoms with Crippen LogP contribution in [0, 0.1) is 58.2 Å². The number of fused-ring (bicyclic) bond motifs is 10. The molecular weight excluding hydrogens is 436 g/mol. The van der Waals surface area contributed by atoms with Crippen LogP contribution in [-0.4, -0.2) is 39.2 Å². The molecule has 4 nitrogen and oxygen atoms in total. The van der Waals surface area contributed by atoms with Gasteiger partial charge in [-0.3, -0.25) is 0 Å². The summed E-state index contributed by atoms with van der Waals surface area (Å²) in [6.07, 6.45) is 7.14. The Morgan fingerprint density at radius 3 is 2.60 bits per heavy atom. The van der Waals surface area contributed by atoms with Gasteiger partial charge in [-0.05, 0) is 61.3 Å². The maximum atomic E-state index is 12.1. The van der Waals surface area contributed by atoms with Crippen molar-refractivity contribution in [1.29, 1.82) is 0 Å². The van der Waals surface area contributed by atoms with Gasteiger partial charge in [0, 0.05) is 29.1 Å². The molecule has 0 spiro atoms. The lowest BCUT2D eigenvalue weighted by atomic mass is 9.42. The predicted octanol–water partition coefficient (Wildman–Crippen LogP) is 4.09. The summed E-state index contributed by atoms with van der Waals surface area (Å²) >= 11 is 0. The molecule has 6 aliphatic rings. The second-order valence-electron chi connectivity index (χ2n) is 13.0. The van der Waals surface area contributed by atoms with Crippen molar-refractivity contribution in [1.82, 2.24) is 0 Å². The van der Waals surface area contributed by atoms with Crippen molar-refractivity contribution in [3.63, 3.8) is 0 Å². The highest BCUT2D eigenvalue weighted by atomic mass is 16.5. The summed E-state index contributed by atoms with van der Waals surface area (Å²) in [6.45, 7) is 5.47. The molecule has 0 radical (unpaired) electrons. The first kappa shape index (κ1) is 22.5. The van der Waals surface area contributed by atoms with Gasteiger partial charge in [-0.25, -0.2) is 0 Å². The van der Waals surface area contributed by atoms with Gasteiger partial charge < -0.3 is 20.1 Å². The van der Waals surface area contributed by atoms with E-state index in [1.165, 1.54) is 5.57 Å². The fourth-order valence-corrected chi connectivity index (χ4v) is 9.74. The molecule has 186 valence electrons. The highest BCUT2D eigenvalue weighted by Crippen LogP contribution is 2.80. The number of ether oxygens (including phenoxy) is 1. The van der Waals surface area contributed by atoms with E-state index in [0.29, 0.717) is 43.3 Å². The number of rotatable bonds is 3. The van der Waals surface area contributed by atoms with Crippen LogP contribution in [0.5, 0.6) is 0 Å². The van der Waals surface area contributed by atoms with Crippen LogP contribution in [0.3, 0.4) is 0 Å². The molecule has 5 fully saturated rings. The van der Waals surface area contributed by atoms with Crippen LogP contribution in [0.25, 0.3) is 0 Å². The van der Waals surface area contributed by atoms with Gasteiger partial charge >= 0.3 is 0 Å². The fourth-order valence-electron chi connectivity index (χ4n) is 9.74. The van der Waals surface area contributed by atoms with Crippen LogP contribution >= 0.6 is 0 Å². The smallest absolute Gasteiger partial charge is 0.134 e. The monoisotopic (exact) mass is 474 g/mol. The minimum atomic E-state index is -0.953. The minimum Gasteiger partial charge on any atom is -0.393 e. The van der Waals surface area contributed by atoms with Crippen LogP contribution in [-0.2, 0) is 11.3 Å². The lowest BCUT2D eigenvalue weighted by Crippen LogP contribution is -2.65. The summed E-state index contributed by atoms with van der Waals surface area (Å²) < 4.78 is 5.80. The van der Waals surface area contributed by atoms with Crippen molar-refractivity contribution >= 4 is 0 Å². The molecule has 4 unspecified atom stereocenters. The van der Waals surface area contributed by atoms with E-state index in [2.05, 4.69) is 43.9 Å². The summed E-state index contributed by atoms with van der Waals surface area (Å²) in [5, 5.41) is 34.4. The van der Waals surface area contributed by atoms with Gasteiger partial charge in [-0.1, -0.05) is 67.7 Å². The Balaban J connectivity index is 1.14. The molecule has 0 saturated heterocycles. The predicted molar refractivity (Wildman–Crippen MR) is 133 cm³/mol. The number of hydrogen-bond donors (Lipinski definition) is 3. The Bertz CT molecular complexity index is 1130. The van der Waals surface area contributed by atoms with Crippen molar-refractivity contribution in [2.24, 2.45) is 46.3 Å². The zero-order valence-electron chi connectivity index (χ0n) is 20.9. The second kappa shape index (κ2) is 7.23. The molecule has 0 aromatic heterocycles. The van der Waals surface area contributed by atoms with Crippen LogP contribution in [0.2, 0.25) is 0 Å². The molecule has 1 aromatic rings. The minimum absolute atomic E-state index is 0.120. The van der Waals surface area contributed by atoms with Crippen LogP contribution in [0.15, 0.2) is 42.0 Å². The van der Waals surface area contributed by atoms with Gasteiger partial charge in [0.05, 0.1) is 18.3 Å². The standard InChI is InChI=1S/C31H38O4/c1-28-12-9-20(32)17-31(28,34)24-15-21(24)26-23(28)10-13-29(2)27(26)22-16-25(22)30(29,33)11-6-14-35-18-19-7-4-3-5-8-19/h3-5,7-8,15,20,22-27,32-34H,9-10,12-14,16-18H2,1-2H3/t20-,22+,23?,24+,25-,26?,27?,28+,29-,30?,31+/m0/s1. The lowest BCUT2D eigenvalue weighted by Gasteiger charge is -2.64. The molecule has 4 heteroatoms. The third kappa shape index (κ3) is 2.85. The molecular formula is C31H38O4. The van der Waals surface area contributed by atoms with E-state index in [9.17, 15) is 15.3 Å². The van der Waals surface area contributed by atoms with Crippen molar-refractivity contribution in [2.45, 2.75) is 76.3 Å². The molecule has 5 saturated carbocycles. The summed E-state index contributed by atoms with van der Waals surface area (Å²) in [5.74, 6) is 8.78. The highest BCUT2D eigenvalue weighted by molar-refractivity contribution is 5.47. The third-order valence-corrected chi connectivity index (χ3v) is 11.7. The summed E-state index contributed by atoms with van der Waals surface area (Å²) in [5.41, 5.74) is 0.418. The molecule has 11 atom stereocenters. The quantitative estimate of drug-likeness (QED) is 0.351. The Kier molecular flexibility index (Phi) is 4.66. The summed E-state index contributed by atoms with van der Waals surface area (Å²) in [6, 6.07) is 10.1. The van der Waals surface area contributed by atoms with Gasteiger partial charge in [0.15, 0.2) is 0 Å². The Labute approximate surface area is 208 Å².